The van der Waals surface area contributed by atoms with E-state index in [4.69, 9.17) is 0 Å². The number of piperidine rings is 3. The van der Waals surface area contributed by atoms with Crippen LogP contribution >= 0.6 is 0 Å². The Morgan fingerprint density at radius 2 is 1.95 bits per heavy atom. The van der Waals surface area contributed by atoms with Crippen LogP contribution in [0.2, 0.25) is 0 Å². The lowest BCUT2D eigenvalue weighted by atomic mass is 9.84. The van der Waals surface area contributed by atoms with Crippen LogP contribution in [0.4, 0.5) is 5.69 Å². The first-order valence-corrected chi connectivity index (χ1v) is 7.80. The van der Waals surface area contributed by atoms with Crippen molar-refractivity contribution in [2.75, 3.05) is 25.0 Å². The Morgan fingerprint density at radius 1 is 1.19 bits per heavy atom. The fourth-order valence-electron chi connectivity index (χ4n) is 3.86. The summed E-state index contributed by atoms with van der Waals surface area (Å²) in [5, 5.41) is 4.80. The van der Waals surface area contributed by atoms with Crippen LogP contribution < -0.4 is 10.9 Å². The number of para-hydroxylation sites is 1. The molecule has 3 saturated heterocycles. The molecule has 2 aromatic rings. The van der Waals surface area contributed by atoms with E-state index in [-0.39, 0.29) is 5.56 Å². The summed E-state index contributed by atoms with van der Waals surface area (Å²) >= 11 is 0. The van der Waals surface area contributed by atoms with Gasteiger partial charge in [-0.15, -0.1) is 0 Å². The van der Waals surface area contributed by atoms with Gasteiger partial charge < -0.3 is 14.8 Å². The molecule has 1 N–H and O–H groups in total. The minimum Gasteiger partial charge on any atom is -0.380 e. The maximum atomic E-state index is 12.2. The summed E-state index contributed by atoms with van der Waals surface area (Å²) in [4.78, 5) is 14.7. The van der Waals surface area contributed by atoms with Crippen molar-refractivity contribution in [1.29, 1.82) is 0 Å². The molecule has 1 atom stereocenters. The Balaban J connectivity index is 1.74. The number of rotatable bonds is 2. The molecule has 0 radical (unpaired) electrons. The van der Waals surface area contributed by atoms with E-state index in [0.717, 1.165) is 29.1 Å². The number of aromatic nitrogens is 1. The topological polar surface area (TPSA) is 37.3 Å². The smallest absolute Gasteiger partial charge is 0.252 e. The molecule has 0 amide bonds. The number of pyridine rings is 1. The normalized spacial score (nSPS) is 28.0. The second-order valence-corrected chi connectivity index (χ2v) is 6.36. The van der Waals surface area contributed by atoms with Crippen LogP contribution in [0.3, 0.4) is 0 Å². The number of anilines is 1. The molecule has 5 rings (SSSR count). The molecule has 3 fully saturated rings. The van der Waals surface area contributed by atoms with Gasteiger partial charge in [-0.05, 0) is 37.9 Å². The van der Waals surface area contributed by atoms with Crippen LogP contribution in [-0.2, 0) is 7.05 Å². The van der Waals surface area contributed by atoms with Gasteiger partial charge in [-0.1, -0.05) is 18.2 Å². The van der Waals surface area contributed by atoms with E-state index < -0.39 is 0 Å². The summed E-state index contributed by atoms with van der Waals surface area (Å²) < 4.78 is 1.72. The average Bonchev–Trinajstić information content (AvgIpc) is 2.54. The Morgan fingerprint density at radius 3 is 2.67 bits per heavy atom. The predicted octanol–water partition coefficient (Wildman–Crippen LogP) is 2.04. The van der Waals surface area contributed by atoms with Gasteiger partial charge in [0, 0.05) is 36.8 Å². The minimum atomic E-state index is 0.0532. The third-order valence-electron chi connectivity index (χ3n) is 5.15. The third-order valence-corrected chi connectivity index (χ3v) is 5.15. The van der Waals surface area contributed by atoms with Crippen LogP contribution in [-0.4, -0.2) is 35.1 Å². The van der Waals surface area contributed by atoms with Crippen molar-refractivity contribution < 1.29 is 0 Å². The van der Waals surface area contributed by atoms with Gasteiger partial charge in [0.15, 0.2) is 0 Å². The van der Waals surface area contributed by atoms with Crippen LogP contribution in [0.5, 0.6) is 0 Å². The summed E-state index contributed by atoms with van der Waals surface area (Å²) in [5.74, 6) is 0.748. The van der Waals surface area contributed by atoms with E-state index >= 15 is 0 Å². The van der Waals surface area contributed by atoms with Crippen molar-refractivity contribution in [2.45, 2.75) is 18.9 Å². The van der Waals surface area contributed by atoms with E-state index in [1.165, 1.54) is 25.9 Å². The highest BCUT2D eigenvalue weighted by Gasteiger charge is 2.34. The van der Waals surface area contributed by atoms with Gasteiger partial charge >= 0.3 is 0 Å². The van der Waals surface area contributed by atoms with E-state index in [9.17, 15) is 4.79 Å². The molecular formula is C17H21N3O. The lowest BCUT2D eigenvalue weighted by Gasteiger charge is -2.45. The highest BCUT2D eigenvalue weighted by atomic mass is 16.1. The van der Waals surface area contributed by atoms with Crippen molar-refractivity contribution in [3.63, 3.8) is 0 Å². The summed E-state index contributed by atoms with van der Waals surface area (Å²) in [6, 6.07) is 10.4. The first-order chi connectivity index (χ1) is 10.2. The lowest BCUT2D eigenvalue weighted by Crippen LogP contribution is -2.53. The standard InChI is InChI=1S/C17H21N3O/c1-19-16-5-3-2-4-13(16)14(10-17(19)21)18-15-11-20-8-6-12(15)7-9-20/h2-5,10,12,15,18H,6-9,11H2,1H3. The minimum absolute atomic E-state index is 0.0532. The summed E-state index contributed by atoms with van der Waals surface area (Å²) in [7, 11) is 1.84. The van der Waals surface area contributed by atoms with Crippen molar-refractivity contribution >= 4 is 16.6 Å². The molecular weight excluding hydrogens is 262 g/mol. The fourth-order valence-corrected chi connectivity index (χ4v) is 3.86. The van der Waals surface area contributed by atoms with Crippen LogP contribution in [0, 0.1) is 5.92 Å². The number of nitrogens with zero attached hydrogens (tertiary/aromatic N) is 2. The lowest BCUT2D eigenvalue weighted by molar-refractivity contribution is 0.0976. The van der Waals surface area contributed by atoms with Crippen molar-refractivity contribution in [1.82, 2.24) is 9.47 Å². The quantitative estimate of drug-likeness (QED) is 0.916. The van der Waals surface area contributed by atoms with Gasteiger partial charge in [-0.2, -0.15) is 0 Å². The number of hydrogen-bond acceptors (Lipinski definition) is 3. The molecule has 0 spiro atoms. The monoisotopic (exact) mass is 283 g/mol. The van der Waals surface area contributed by atoms with Gasteiger partial charge in [0.2, 0.25) is 0 Å². The van der Waals surface area contributed by atoms with Crippen molar-refractivity contribution in [2.24, 2.45) is 13.0 Å². The molecule has 0 aliphatic carbocycles. The maximum absolute atomic E-state index is 12.2. The fraction of sp³-hybridized carbons (Fsp3) is 0.471. The molecule has 3 aliphatic heterocycles. The highest BCUT2D eigenvalue weighted by molar-refractivity contribution is 5.91. The molecule has 3 aliphatic rings. The van der Waals surface area contributed by atoms with Crippen molar-refractivity contribution in [3.8, 4) is 0 Å². The first-order valence-electron chi connectivity index (χ1n) is 7.80. The molecule has 4 heteroatoms. The van der Waals surface area contributed by atoms with Crippen molar-refractivity contribution in [3.05, 3.63) is 40.7 Å². The zero-order chi connectivity index (χ0) is 14.4. The SMILES string of the molecule is Cn1c(=O)cc(NC2CN3CCC2CC3)c2ccccc21. The van der Waals surface area contributed by atoms with Gasteiger partial charge in [0.1, 0.15) is 0 Å². The molecule has 2 bridgehead atoms. The number of nitrogens with one attached hydrogen (secondary N) is 1. The molecule has 1 unspecified atom stereocenters. The predicted molar refractivity (Wildman–Crippen MR) is 85.8 cm³/mol. The number of aryl methyl sites for hydroxylation is 1. The van der Waals surface area contributed by atoms with E-state index in [1.54, 1.807) is 10.6 Å². The summed E-state index contributed by atoms with van der Waals surface area (Å²) in [5.41, 5.74) is 2.04. The highest BCUT2D eigenvalue weighted by Crippen LogP contribution is 2.31. The van der Waals surface area contributed by atoms with Gasteiger partial charge in [0.25, 0.3) is 5.56 Å². The Bertz CT molecular complexity index is 728. The van der Waals surface area contributed by atoms with E-state index in [0.29, 0.717) is 6.04 Å². The first kappa shape index (κ1) is 12.9. The molecule has 1 aromatic carbocycles. The third kappa shape index (κ3) is 2.14. The Labute approximate surface area is 124 Å². The Kier molecular flexibility index (Phi) is 3.00. The van der Waals surface area contributed by atoms with E-state index in [2.05, 4.69) is 16.3 Å². The summed E-state index contributed by atoms with van der Waals surface area (Å²) in [6.45, 7) is 3.58. The summed E-state index contributed by atoms with van der Waals surface area (Å²) in [6.07, 6.45) is 2.56. The number of benzene rings is 1. The van der Waals surface area contributed by atoms with Crippen LogP contribution in [0.1, 0.15) is 12.8 Å². The van der Waals surface area contributed by atoms with Gasteiger partial charge in [-0.25, -0.2) is 0 Å². The van der Waals surface area contributed by atoms with Crippen LogP contribution in [0.25, 0.3) is 10.9 Å². The molecule has 21 heavy (non-hydrogen) atoms. The molecule has 0 saturated carbocycles. The number of hydrogen-bond donors (Lipinski definition) is 1. The zero-order valence-electron chi connectivity index (χ0n) is 12.4. The molecule has 4 nitrogen and oxygen atoms in total. The largest absolute Gasteiger partial charge is 0.380 e. The number of fused-ring (bicyclic) bond motifs is 4. The average molecular weight is 283 g/mol. The van der Waals surface area contributed by atoms with Gasteiger partial charge in [-0.3, -0.25) is 4.79 Å². The molecule has 1 aromatic heterocycles. The zero-order valence-corrected chi connectivity index (χ0v) is 12.4. The molecule has 4 heterocycles. The van der Waals surface area contributed by atoms with E-state index in [1.807, 2.05) is 25.2 Å². The van der Waals surface area contributed by atoms with Crippen LogP contribution in [0.15, 0.2) is 35.1 Å². The van der Waals surface area contributed by atoms with Gasteiger partial charge in [0.05, 0.1) is 5.52 Å². The molecule has 110 valence electrons. The second kappa shape index (κ2) is 4.88. The Hall–Kier alpha value is -1.81. The maximum Gasteiger partial charge on any atom is 0.252 e. The second-order valence-electron chi connectivity index (χ2n) is 6.36.